The Morgan fingerprint density at radius 1 is 1.00 bits per heavy atom. The fourth-order valence-corrected chi connectivity index (χ4v) is 1.65. The summed E-state index contributed by atoms with van der Waals surface area (Å²) >= 11 is 0. The van der Waals surface area contributed by atoms with E-state index in [2.05, 4.69) is 11.4 Å². The highest BCUT2D eigenvalue weighted by Gasteiger charge is 2.02. The van der Waals surface area contributed by atoms with E-state index in [1.807, 2.05) is 55.6 Å². The first-order valence-electron chi connectivity index (χ1n) is 5.12. The Labute approximate surface area is 95.2 Å². The van der Waals surface area contributed by atoms with Crippen LogP contribution in [0.1, 0.15) is 5.56 Å². The molecule has 2 nitrogen and oxygen atoms in total. The van der Waals surface area contributed by atoms with Crippen molar-refractivity contribution in [2.24, 2.45) is 0 Å². The first-order chi connectivity index (χ1) is 7.85. The minimum Gasteiger partial charge on any atom is -0.388 e. The third-order valence-electron chi connectivity index (χ3n) is 2.53. The fourth-order valence-electron chi connectivity index (χ4n) is 1.65. The lowest BCUT2D eigenvalue weighted by Crippen LogP contribution is -1.88. The molecule has 0 fully saturated rings. The Bertz CT molecular complexity index is 521. The van der Waals surface area contributed by atoms with E-state index in [1.54, 1.807) is 0 Å². The van der Waals surface area contributed by atoms with Crippen molar-refractivity contribution in [3.63, 3.8) is 0 Å². The van der Waals surface area contributed by atoms with Crippen LogP contribution < -0.4 is 5.32 Å². The number of benzene rings is 2. The lowest BCUT2D eigenvalue weighted by molar-refractivity contribution is 1.47. The van der Waals surface area contributed by atoms with Crippen molar-refractivity contribution in [1.82, 2.24) is 0 Å². The molecular weight excluding hydrogens is 196 g/mol. The quantitative estimate of drug-likeness (QED) is 0.822. The molecule has 0 saturated heterocycles. The molecule has 2 rings (SSSR count). The van der Waals surface area contributed by atoms with Crippen LogP contribution in [0.5, 0.6) is 0 Å². The van der Waals surface area contributed by atoms with Gasteiger partial charge in [0.25, 0.3) is 0 Å². The van der Waals surface area contributed by atoms with Gasteiger partial charge in [0.15, 0.2) is 0 Å². The maximum absolute atomic E-state index is 9.02. The fraction of sp³-hybridized carbons (Fsp3) is 0.0714. The molecule has 78 valence electrons. The van der Waals surface area contributed by atoms with Gasteiger partial charge in [0.2, 0.25) is 0 Å². The van der Waals surface area contributed by atoms with Gasteiger partial charge in [-0.15, -0.1) is 0 Å². The van der Waals surface area contributed by atoms with E-state index >= 15 is 0 Å². The van der Waals surface area contributed by atoms with Gasteiger partial charge in [-0.2, -0.15) is 5.26 Å². The third kappa shape index (κ3) is 1.89. The van der Waals surface area contributed by atoms with E-state index < -0.39 is 0 Å². The monoisotopic (exact) mass is 208 g/mol. The predicted octanol–water partition coefficient (Wildman–Crippen LogP) is 3.27. The van der Waals surface area contributed by atoms with Crippen LogP contribution >= 0.6 is 0 Å². The Balaban J connectivity index is 2.47. The molecule has 0 spiro atoms. The maximum Gasteiger partial charge on any atom is 0.0998 e. The summed E-state index contributed by atoms with van der Waals surface area (Å²) in [6, 6.07) is 17.9. The van der Waals surface area contributed by atoms with Crippen molar-refractivity contribution in [2.45, 2.75) is 0 Å². The molecule has 0 bridgehead atoms. The van der Waals surface area contributed by atoms with Crippen LogP contribution in [0.25, 0.3) is 11.1 Å². The van der Waals surface area contributed by atoms with Crippen LogP contribution in [-0.4, -0.2) is 7.05 Å². The van der Waals surface area contributed by atoms with Gasteiger partial charge >= 0.3 is 0 Å². The van der Waals surface area contributed by atoms with E-state index in [1.165, 1.54) is 0 Å². The molecule has 2 aromatic rings. The topological polar surface area (TPSA) is 35.8 Å². The molecule has 0 atom stereocenters. The number of anilines is 1. The van der Waals surface area contributed by atoms with E-state index in [-0.39, 0.29) is 0 Å². The second-order valence-electron chi connectivity index (χ2n) is 3.48. The highest BCUT2D eigenvalue weighted by atomic mass is 14.8. The molecule has 0 aliphatic heterocycles. The van der Waals surface area contributed by atoms with Crippen molar-refractivity contribution in [2.75, 3.05) is 12.4 Å². The molecule has 0 unspecified atom stereocenters. The minimum absolute atomic E-state index is 0.708. The Morgan fingerprint density at radius 3 is 2.31 bits per heavy atom. The highest BCUT2D eigenvalue weighted by Crippen LogP contribution is 2.24. The lowest BCUT2D eigenvalue weighted by atomic mass is 10.0. The first kappa shape index (κ1) is 10.3. The van der Waals surface area contributed by atoms with Crippen molar-refractivity contribution >= 4 is 5.69 Å². The Hall–Kier alpha value is -2.27. The molecule has 16 heavy (non-hydrogen) atoms. The minimum atomic E-state index is 0.708. The molecule has 0 heterocycles. The van der Waals surface area contributed by atoms with E-state index in [4.69, 9.17) is 5.26 Å². The summed E-state index contributed by atoms with van der Waals surface area (Å²) in [5.41, 5.74) is 3.82. The van der Waals surface area contributed by atoms with Crippen LogP contribution in [0.15, 0.2) is 48.5 Å². The van der Waals surface area contributed by atoms with Gasteiger partial charge in [-0.1, -0.05) is 30.3 Å². The summed E-state index contributed by atoms with van der Waals surface area (Å²) in [7, 11) is 1.89. The number of hydrogen-bond acceptors (Lipinski definition) is 2. The van der Waals surface area contributed by atoms with Crippen molar-refractivity contribution in [1.29, 1.82) is 5.26 Å². The predicted molar refractivity (Wildman–Crippen MR) is 66.1 cm³/mol. The van der Waals surface area contributed by atoms with Crippen LogP contribution in [0.2, 0.25) is 0 Å². The van der Waals surface area contributed by atoms with E-state index in [0.717, 1.165) is 16.8 Å². The second kappa shape index (κ2) is 4.50. The van der Waals surface area contributed by atoms with Gasteiger partial charge in [0.1, 0.15) is 0 Å². The van der Waals surface area contributed by atoms with E-state index in [0.29, 0.717) is 5.56 Å². The number of nitriles is 1. The normalized spacial score (nSPS) is 9.50. The molecule has 0 radical (unpaired) electrons. The molecule has 2 aromatic carbocycles. The summed E-state index contributed by atoms with van der Waals surface area (Å²) in [5, 5.41) is 12.1. The molecule has 0 saturated carbocycles. The Morgan fingerprint density at radius 2 is 1.69 bits per heavy atom. The van der Waals surface area contributed by atoms with Crippen molar-refractivity contribution < 1.29 is 0 Å². The summed E-state index contributed by atoms with van der Waals surface area (Å²) in [4.78, 5) is 0. The van der Waals surface area contributed by atoms with Crippen LogP contribution in [0.4, 0.5) is 5.69 Å². The average Bonchev–Trinajstić information content (AvgIpc) is 2.39. The first-order valence-corrected chi connectivity index (χ1v) is 5.12. The molecule has 0 amide bonds. The summed E-state index contributed by atoms with van der Waals surface area (Å²) < 4.78 is 0. The highest BCUT2D eigenvalue weighted by molar-refractivity contribution is 5.71. The molecule has 2 heteroatoms. The van der Waals surface area contributed by atoms with Crippen LogP contribution in [0.3, 0.4) is 0 Å². The smallest absolute Gasteiger partial charge is 0.0998 e. The maximum atomic E-state index is 9.02. The van der Waals surface area contributed by atoms with Crippen molar-refractivity contribution in [3.05, 3.63) is 54.1 Å². The van der Waals surface area contributed by atoms with Gasteiger partial charge < -0.3 is 5.32 Å². The number of nitrogens with zero attached hydrogens (tertiary/aromatic N) is 1. The molecular formula is C14H12N2. The zero-order valence-electron chi connectivity index (χ0n) is 9.07. The number of nitrogens with one attached hydrogen (secondary N) is 1. The van der Waals surface area contributed by atoms with Gasteiger partial charge in [0.05, 0.1) is 11.6 Å². The summed E-state index contributed by atoms with van der Waals surface area (Å²) in [6.45, 7) is 0. The van der Waals surface area contributed by atoms with Gasteiger partial charge in [0, 0.05) is 12.7 Å². The van der Waals surface area contributed by atoms with Crippen molar-refractivity contribution in [3.8, 4) is 17.2 Å². The van der Waals surface area contributed by atoms with Crippen LogP contribution in [0, 0.1) is 11.3 Å². The standard InChI is InChI=1S/C14H12N2/c1-16-13-8-6-11(7-9-13)14-5-3-2-4-12(14)10-15/h2-9,16H,1H3. The second-order valence-corrected chi connectivity index (χ2v) is 3.48. The van der Waals surface area contributed by atoms with Gasteiger partial charge in [-0.05, 0) is 29.3 Å². The molecule has 0 aromatic heterocycles. The lowest BCUT2D eigenvalue weighted by Gasteiger charge is -2.05. The zero-order chi connectivity index (χ0) is 11.4. The third-order valence-corrected chi connectivity index (χ3v) is 2.53. The number of hydrogen-bond donors (Lipinski definition) is 1. The van der Waals surface area contributed by atoms with E-state index in [9.17, 15) is 0 Å². The Kier molecular flexibility index (Phi) is 2.88. The summed E-state index contributed by atoms with van der Waals surface area (Å²) in [6.07, 6.45) is 0. The molecule has 0 aliphatic rings. The molecule has 1 N–H and O–H groups in total. The van der Waals surface area contributed by atoms with Gasteiger partial charge in [-0.3, -0.25) is 0 Å². The van der Waals surface area contributed by atoms with Gasteiger partial charge in [-0.25, -0.2) is 0 Å². The largest absolute Gasteiger partial charge is 0.388 e. The zero-order valence-corrected chi connectivity index (χ0v) is 9.07. The van der Waals surface area contributed by atoms with Crippen LogP contribution in [-0.2, 0) is 0 Å². The summed E-state index contributed by atoms with van der Waals surface area (Å²) in [5.74, 6) is 0. The SMILES string of the molecule is CNc1ccc(-c2ccccc2C#N)cc1. The average molecular weight is 208 g/mol. The molecule has 0 aliphatic carbocycles. The number of rotatable bonds is 2.